The van der Waals surface area contributed by atoms with Crippen molar-refractivity contribution in [3.8, 4) is 5.75 Å². The van der Waals surface area contributed by atoms with Gasteiger partial charge in [0.15, 0.2) is 11.4 Å². The number of phenolic OH excluding ortho intramolecular Hbond substituents is 1. The summed E-state index contributed by atoms with van der Waals surface area (Å²) in [4.78, 5) is 39.8. The van der Waals surface area contributed by atoms with E-state index in [-0.39, 0.29) is 22.6 Å². The van der Waals surface area contributed by atoms with E-state index in [2.05, 4.69) is 0 Å². The molecule has 1 amide bonds. The molecule has 4 rings (SSSR count). The molecule has 0 radical (unpaired) electrons. The first-order valence-electron chi connectivity index (χ1n) is 9.69. The Morgan fingerprint density at radius 1 is 1.22 bits per heavy atom. The van der Waals surface area contributed by atoms with Gasteiger partial charge in [0, 0.05) is 28.0 Å². The number of amides is 1. The fraction of sp³-hybridized carbons (Fsp3) is 0.381. The van der Waals surface area contributed by atoms with Crippen LogP contribution in [-0.4, -0.2) is 73.6 Å². The summed E-state index contributed by atoms with van der Waals surface area (Å²) < 4.78 is 0. The molecular formula is C21H21ClN2O8. The molecule has 10 nitrogen and oxygen atoms in total. The summed E-state index contributed by atoms with van der Waals surface area (Å²) in [5.41, 5.74) is 0.845. The Hall–Kier alpha value is -2.92. The molecule has 7 N–H and O–H groups in total. The second kappa shape index (κ2) is 7.04. The van der Waals surface area contributed by atoms with Crippen molar-refractivity contribution in [3.05, 3.63) is 45.2 Å². The quantitative estimate of drug-likeness (QED) is 0.331. The van der Waals surface area contributed by atoms with E-state index in [1.165, 1.54) is 31.1 Å². The van der Waals surface area contributed by atoms with E-state index in [0.717, 1.165) is 0 Å². The van der Waals surface area contributed by atoms with Gasteiger partial charge >= 0.3 is 0 Å². The smallest absolute Gasteiger partial charge is 0.255 e. The van der Waals surface area contributed by atoms with Gasteiger partial charge in [0.1, 0.15) is 22.8 Å². The van der Waals surface area contributed by atoms with Gasteiger partial charge in [0.05, 0.1) is 17.7 Å². The lowest BCUT2D eigenvalue weighted by molar-refractivity contribution is -0.155. The Morgan fingerprint density at radius 2 is 1.84 bits per heavy atom. The summed E-state index contributed by atoms with van der Waals surface area (Å²) in [7, 11) is 2.97. The SMILES string of the molecule is CN(C)[C@@H]1C(=O)C(C(N)=O)=C(O)[C@]2(O)C(=O)C3=C(O)c4c(O)ccc(Cl)c4[C@@H](O)[C@@H]3C[C@@H]12. The van der Waals surface area contributed by atoms with Gasteiger partial charge in [0.2, 0.25) is 5.78 Å². The van der Waals surface area contributed by atoms with Crippen molar-refractivity contribution in [2.75, 3.05) is 14.1 Å². The van der Waals surface area contributed by atoms with E-state index < -0.39 is 75.5 Å². The van der Waals surface area contributed by atoms with Crippen LogP contribution in [0.1, 0.15) is 23.7 Å². The zero-order valence-corrected chi connectivity index (χ0v) is 17.8. The number of primary amides is 1. The van der Waals surface area contributed by atoms with E-state index in [1.54, 1.807) is 0 Å². The van der Waals surface area contributed by atoms with Gasteiger partial charge in [-0.3, -0.25) is 19.3 Å². The molecule has 0 unspecified atom stereocenters. The number of nitrogens with zero attached hydrogens (tertiary/aromatic N) is 1. The molecule has 170 valence electrons. The first kappa shape index (κ1) is 22.3. The molecular weight excluding hydrogens is 444 g/mol. The number of hydrogen-bond donors (Lipinski definition) is 6. The number of carbonyl (C=O) groups is 3. The van der Waals surface area contributed by atoms with Gasteiger partial charge in [-0.1, -0.05) is 11.6 Å². The third kappa shape index (κ3) is 2.61. The van der Waals surface area contributed by atoms with Crippen molar-refractivity contribution in [2.45, 2.75) is 24.2 Å². The van der Waals surface area contributed by atoms with Crippen LogP contribution in [0.25, 0.3) is 5.76 Å². The second-order valence-electron chi connectivity index (χ2n) is 8.47. The van der Waals surface area contributed by atoms with Gasteiger partial charge in [-0.25, -0.2) is 0 Å². The number of carbonyl (C=O) groups excluding carboxylic acids is 3. The number of Topliss-reactive ketones (excluding diaryl/α,β-unsaturated/α-hetero) is 2. The number of hydrogen-bond acceptors (Lipinski definition) is 9. The summed E-state index contributed by atoms with van der Waals surface area (Å²) in [5.74, 6) is -8.19. The van der Waals surface area contributed by atoms with Crippen molar-refractivity contribution in [2.24, 2.45) is 17.6 Å². The Balaban J connectivity index is 2.03. The molecule has 0 saturated heterocycles. The number of nitrogens with two attached hydrogens (primary N) is 1. The number of phenols is 1. The zero-order chi connectivity index (χ0) is 23.9. The fourth-order valence-electron chi connectivity index (χ4n) is 5.24. The largest absolute Gasteiger partial charge is 0.508 e. The lowest BCUT2D eigenvalue weighted by atomic mass is 9.57. The van der Waals surface area contributed by atoms with Crippen LogP contribution in [0.15, 0.2) is 29.0 Å². The van der Waals surface area contributed by atoms with E-state index in [4.69, 9.17) is 17.3 Å². The summed E-state index contributed by atoms with van der Waals surface area (Å²) in [6, 6.07) is 1.25. The van der Waals surface area contributed by atoms with Gasteiger partial charge in [-0.15, -0.1) is 0 Å². The van der Waals surface area contributed by atoms with Crippen molar-refractivity contribution >= 4 is 34.8 Å². The fourth-order valence-corrected chi connectivity index (χ4v) is 5.51. The van der Waals surface area contributed by atoms with Gasteiger partial charge in [-0.05, 0) is 32.6 Å². The lowest BCUT2D eigenvalue weighted by Gasteiger charge is -2.51. The van der Waals surface area contributed by atoms with Crippen LogP contribution in [0.4, 0.5) is 0 Å². The van der Waals surface area contributed by atoms with Gasteiger partial charge in [-0.2, -0.15) is 0 Å². The topological polar surface area (TPSA) is 182 Å². The van der Waals surface area contributed by atoms with E-state index in [0.29, 0.717) is 0 Å². The van der Waals surface area contributed by atoms with Crippen molar-refractivity contribution in [3.63, 3.8) is 0 Å². The highest BCUT2D eigenvalue weighted by atomic mass is 35.5. The molecule has 0 heterocycles. The summed E-state index contributed by atoms with van der Waals surface area (Å²) in [6.45, 7) is 0. The summed E-state index contributed by atoms with van der Waals surface area (Å²) in [5, 5.41) is 54.4. The highest BCUT2D eigenvalue weighted by molar-refractivity contribution is 6.32. The Morgan fingerprint density at radius 3 is 2.41 bits per heavy atom. The van der Waals surface area contributed by atoms with Crippen LogP contribution < -0.4 is 5.73 Å². The molecule has 3 aliphatic rings. The molecule has 0 spiro atoms. The minimum Gasteiger partial charge on any atom is -0.508 e. The number of likely N-dealkylation sites (N-methyl/N-ethyl adjacent to an activating group) is 1. The van der Waals surface area contributed by atoms with Crippen LogP contribution in [0.3, 0.4) is 0 Å². The first-order chi connectivity index (χ1) is 14.8. The van der Waals surface area contributed by atoms with Crippen LogP contribution >= 0.6 is 11.6 Å². The molecule has 1 aromatic carbocycles. The predicted octanol–water partition coefficient (Wildman–Crippen LogP) is 0.108. The minimum atomic E-state index is -2.77. The number of aliphatic hydroxyl groups is 4. The molecule has 0 aromatic heterocycles. The molecule has 1 fully saturated rings. The van der Waals surface area contributed by atoms with Gasteiger partial charge < -0.3 is 31.3 Å². The second-order valence-corrected chi connectivity index (χ2v) is 8.87. The molecule has 5 atom stereocenters. The first-order valence-corrected chi connectivity index (χ1v) is 10.1. The highest BCUT2D eigenvalue weighted by Crippen LogP contribution is 2.56. The molecule has 0 bridgehead atoms. The molecule has 11 heteroatoms. The maximum atomic E-state index is 13.6. The van der Waals surface area contributed by atoms with Crippen molar-refractivity contribution < 1.29 is 39.9 Å². The Labute approximate surface area is 186 Å². The molecule has 1 saturated carbocycles. The van der Waals surface area contributed by atoms with Crippen molar-refractivity contribution in [1.82, 2.24) is 4.90 Å². The number of ketones is 2. The normalized spacial score (nSPS) is 32.1. The molecule has 0 aliphatic heterocycles. The average Bonchev–Trinajstić information content (AvgIpc) is 2.69. The highest BCUT2D eigenvalue weighted by Gasteiger charge is 2.65. The number of benzene rings is 1. The molecule has 32 heavy (non-hydrogen) atoms. The van der Waals surface area contributed by atoms with E-state index >= 15 is 0 Å². The maximum absolute atomic E-state index is 13.6. The third-order valence-electron chi connectivity index (χ3n) is 6.64. The predicted molar refractivity (Wildman–Crippen MR) is 111 cm³/mol. The Bertz CT molecular complexity index is 1160. The molecule has 1 aromatic rings. The van der Waals surface area contributed by atoms with Gasteiger partial charge in [0.25, 0.3) is 5.91 Å². The van der Waals surface area contributed by atoms with E-state index in [1.807, 2.05) is 0 Å². The third-order valence-corrected chi connectivity index (χ3v) is 6.97. The number of halogens is 1. The summed E-state index contributed by atoms with van der Waals surface area (Å²) in [6.07, 6.45) is -1.70. The van der Waals surface area contributed by atoms with Crippen LogP contribution in [0.2, 0.25) is 5.02 Å². The minimum absolute atomic E-state index is 0.00251. The monoisotopic (exact) mass is 464 g/mol. The number of rotatable bonds is 2. The number of aliphatic hydroxyl groups excluding tert-OH is 3. The van der Waals surface area contributed by atoms with E-state index in [9.17, 15) is 39.9 Å². The zero-order valence-electron chi connectivity index (χ0n) is 17.0. The maximum Gasteiger partial charge on any atom is 0.255 e. The average molecular weight is 465 g/mol. The number of fused-ring (bicyclic) bond motifs is 3. The van der Waals surface area contributed by atoms with Crippen LogP contribution in [-0.2, 0) is 14.4 Å². The Kier molecular flexibility index (Phi) is 4.90. The van der Waals surface area contributed by atoms with Crippen LogP contribution in [0.5, 0.6) is 5.75 Å². The molecule has 3 aliphatic carbocycles. The lowest BCUT2D eigenvalue weighted by Crippen LogP contribution is -2.66. The standard InChI is InChI=1S/C21H21ClN2O8/c1-24(2)14-7-5-6-10(16(27)12-9(25)4-3-8(22)11(12)15(6)26)18(29)21(7,32)19(30)13(17(14)28)20(23)31/h3-4,6-7,14-15,25-27,30,32H,5H2,1-2H3,(H2,23,31)/t6-,7+,14+,15+,21-/m1/s1. The number of aromatic hydroxyl groups is 1. The van der Waals surface area contributed by atoms with Crippen LogP contribution in [0, 0.1) is 11.8 Å². The summed E-state index contributed by atoms with van der Waals surface area (Å²) >= 11 is 6.19. The van der Waals surface area contributed by atoms with Crippen molar-refractivity contribution in [1.29, 1.82) is 0 Å².